The molecule has 1 aliphatic rings. The maximum Gasteiger partial charge on any atom is 0.231 e. The number of hydrogen-bond acceptors (Lipinski definition) is 3. The number of benzene rings is 1. The lowest BCUT2D eigenvalue weighted by molar-refractivity contribution is -0.119. The van der Waals surface area contributed by atoms with Gasteiger partial charge < -0.3 is 10.5 Å². The summed E-state index contributed by atoms with van der Waals surface area (Å²) >= 11 is 3.58. The molecule has 110 valence electrons. The number of carbonyl (C=O) groups excluding carboxylic acids is 1. The number of ether oxygens (including phenoxy) is 1. The van der Waals surface area contributed by atoms with Gasteiger partial charge in [0.1, 0.15) is 0 Å². The Morgan fingerprint density at radius 1 is 1.55 bits per heavy atom. The molecule has 0 radical (unpaired) electrons. The summed E-state index contributed by atoms with van der Waals surface area (Å²) in [7, 11) is 0. The van der Waals surface area contributed by atoms with E-state index in [1.54, 1.807) is 0 Å². The smallest absolute Gasteiger partial charge is 0.231 e. The Morgan fingerprint density at radius 3 is 2.95 bits per heavy atom. The van der Waals surface area contributed by atoms with Crippen LogP contribution >= 0.6 is 15.9 Å². The second-order valence-corrected chi connectivity index (χ2v) is 6.22. The number of hydrogen-bond donors (Lipinski definition) is 1. The molecular weight excluding hydrogens is 320 g/mol. The molecule has 1 aromatic carbocycles. The number of amides is 1. The summed E-state index contributed by atoms with van der Waals surface area (Å²) < 4.78 is 6.72. The number of halogens is 1. The summed E-state index contributed by atoms with van der Waals surface area (Å²) in [5.41, 5.74) is 7.72. The minimum atomic E-state index is -0.300. The summed E-state index contributed by atoms with van der Waals surface area (Å²) in [4.78, 5) is 13.3. The fourth-order valence-electron chi connectivity index (χ4n) is 2.50. The van der Waals surface area contributed by atoms with E-state index in [-0.39, 0.29) is 18.6 Å². The van der Waals surface area contributed by atoms with Crippen LogP contribution < -0.4 is 5.73 Å². The number of rotatable bonds is 6. The fourth-order valence-corrected chi connectivity index (χ4v) is 3.12. The second kappa shape index (κ2) is 7.20. The summed E-state index contributed by atoms with van der Waals surface area (Å²) in [6.07, 6.45) is 2.38. The first-order valence-electron chi connectivity index (χ1n) is 6.92. The van der Waals surface area contributed by atoms with Crippen LogP contribution in [-0.4, -0.2) is 36.6 Å². The molecule has 0 aromatic heterocycles. The molecule has 0 aliphatic carbocycles. The third-order valence-corrected chi connectivity index (χ3v) is 4.21. The zero-order valence-electron chi connectivity index (χ0n) is 11.8. The molecule has 1 aromatic rings. The molecular formula is C15H21BrN2O2. The average Bonchev–Trinajstić information content (AvgIpc) is 2.84. The number of nitrogens with two attached hydrogens (primary N) is 1. The first-order chi connectivity index (χ1) is 9.54. The van der Waals surface area contributed by atoms with Crippen LogP contribution in [0.5, 0.6) is 0 Å². The molecule has 4 nitrogen and oxygen atoms in total. The number of primary amides is 1. The standard InChI is InChI=1S/C15H21BrN2O2/c1-11-4-5-12(14(16)7-11)8-18(10-15(17)19)9-13-3-2-6-20-13/h4-5,7,13H,2-3,6,8-10H2,1H3,(H2,17,19). The maximum absolute atomic E-state index is 11.2. The maximum atomic E-state index is 11.2. The lowest BCUT2D eigenvalue weighted by Gasteiger charge is -2.24. The van der Waals surface area contributed by atoms with E-state index in [2.05, 4.69) is 46.0 Å². The van der Waals surface area contributed by atoms with Gasteiger partial charge in [-0.2, -0.15) is 0 Å². The van der Waals surface area contributed by atoms with Gasteiger partial charge in [0.2, 0.25) is 5.91 Å². The van der Waals surface area contributed by atoms with Gasteiger partial charge in [-0.25, -0.2) is 0 Å². The zero-order chi connectivity index (χ0) is 14.5. The first kappa shape index (κ1) is 15.5. The highest BCUT2D eigenvalue weighted by atomic mass is 79.9. The van der Waals surface area contributed by atoms with Crippen LogP contribution in [0.3, 0.4) is 0 Å². The van der Waals surface area contributed by atoms with Crippen molar-refractivity contribution < 1.29 is 9.53 Å². The Hall–Kier alpha value is -0.910. The molecule has 1 heterocycles. The van der Waals surface area contributed by atoms with Crippen LogP contribution in [0.2, 0.25) is 0 Å². The van der Waals surface area contributed by atoms with Crippen LogP contribution in [0.4, 0.5) is 0 Å². The number of aryl methyl sites for hydroxylation is 1. The van der Waals surface area contributed by atoms with Crippen molar-refractivity contribution in [3.8, 4) is 0 Å². The number of carbonyl (C=O) groups is 1. The highest BCUT2D eigenvalue weighted by Gasteiger charge is 2.20. The summed E-state index contributed by atoms with van der Waals surface area (Å²) in [5.74, 6) is -0.300. The van der Waals surface area contributed by atoms with Crippen molar-refractivity contribution in [3.05, 3.63) is 33.8 Å². The number of nitrogens with zero attached hydrogens (tertiary/aromatic N) is 1. The van der Waals surface area contributed by atoms with E-state index in [0.717, 1.165) is 36.0 Å². The van der Waals surface area contributed by atoms with Gasteiger partial charge in [0, 0.05) is 24.2 Å². The summed E-state index contributed by atoms with van der Waals surface area (Å²) in [6.45, 7) is 4.60. The SMILES string of the molecule is Cc1ccc(CN(CC(N)=O)CC2CCCO2)c(Br)c1. The van der Waals surface area contributed by atoms with E-state index < -0.39 is 0 Å². The van der Waals surface area contributed by atoms with Crippen LogP contribution in [0.1, 0.15) is 24.0 Å². The largest absolute Gasteiger partial charge is 0.377 e. The third-order valence-electron chi connectivity index (χ3n) is 3.47. The van der Waals surface area contributed by atoms with Crippen molar-refractivity contribution in [1.29, 1.82) is 0 Å². The van der Waals surface area contributed by atoms with E-state index >= 15 is 0 Å². The molecule has 1 saturated heterocycles. The molecule has 20 heavy (non-hydrogen) atoms. The van der Waals surface area contributed by atoms with Gasteiger partial charge in [-0.05, 0) is 37.0 Å². The topological polar surface area (TPSA) is 55.6 Å². The molecule has 2 rings (SSSR count). The molecule has 1 fully saturated rings. The predicted octanol–water partition coefficient (Wildman–Crippen LogP) is 2.22. The molecule has 1 aliphatic heterocycles. The minimum Gasteiger partial charge on any atom is -0.377 e. The Bertz CT molecular complexity index is 473. The van der Waals surface area contributed by atoms with Gasteiger partial charge in [0.05, 0.1) is 12.6 Å². The summed E-state index contributed by atoms with van der Waals surface area (Å²) in [5, 5.41) is 0. The normalized spacial score (nSPS) is 18.6. The molecule has 2 N–H and O–H groups in total. The van der Waals surface area contributed by atoms with Crippen molar-refractivity contribution in [1.82, 2.24) is 4.90 Å². The van der Waals surface area contributed by atoms with Crippen molar-refractivity contribution in [2.45, 2.75) is 32.4 Å². The Labute approximate surface area is 128 Å². The van der Waals surface area contributed by atoms with Gasteiger partial charge in [-0.15, -0.1) is 0 Å². The van der Waals surface area contributed by atoms with Crippen LogP contribution in [-0.2, 0) is 16.1 Å². The van der Waals surface area contributed by atoms with E-state index in [1.165, 1.54) is 5.56 Å². The Balaban J connectivity index is 2.03. The molecule has 1 atom stereocenters. The van der Waals surface area contributed by atoms with E-state index in [9.17, 15) is 4.79 Å². The monoisotopic (exact) mass is 340 g/mol. The average molecular weight is 341 g/mol. The lowest BCUT2D eigenvalue weighted by atomic mass is 10.1. The highest BCUT2D eigenvalue weighted by molar-refractivity contribution is 9.10. The quantitative estimate of drug-likeness (QED) is 0.863. The Morgan fingerprint density at radius 2 is 2.35 bits per heavy atom. The summed E-state index contributed by atoms with van der Waals surface area (Å²) in [6, 6.07) is 6.25. The van der Waals surface area contributed by atoms with Gasteiger partial charge in [0.15, 0.2) is 0 Å². The predicted molar refractivity (Wildman–Crippen MR) is 82.3 cm³/mol. The van der Waals surface area contributed by atoms with Gasteiger partial charge in [-0.1, -0.05) is 28.1 Å². The lowest BCUT2D eigenvalue weighted by Crippen LogP contribution is -2.38. The zero-order valence-corrected chi connectivity index (χ0v) is 13.4. The molecule has 1 unspecified atom stereocenters. The van der Waals surface area contributed by atoms with Crippen LogP contribution in [0.15, 0.2) is 22.7 Å². The third kappa shape index (κ3) is 4.58. The molecule has 0 bridgehead atoms. The fraction of sp³-hybridized carbons (Fsp3) is 0.533. The minimum absolute atomic E-state index is 0.221. The van der Waals surface area contributed by atoms with E-state index in [4.69, 9.17) is 10.5 Å². The van der Waals surface area contributed by atoms with E-state index in [1.807, 2.05) is 0 Å². The molecule has 0 saturated carbocycles. The van der Waals surface area contributed by atoms with Gasteiger partial charge >= 0.3 is 0 Å². The van der Waals surface area contributed by atoms with Crippen LogP contribution in [0, 0.1) is 6.92 Å². The van der Waals surface area contributed by atoms with Crippen molar-refractivity contribution in [3.63, 3.8) is 0 Å². The first-order valence-corrected chi connectivity index (χ1v) is 7.71. The van der Waals surface area contributed by atoms with Crippen molar-refractivity contribution in [2.24, 2.45) is 5.73 Å². The van der Waals surface area contributed by atoms with Crippen molar-refractivity contribution in [2.75, 3.05) is 19.7 Å². The van der Waals surface area contributed by atoms with Gasteiger partial charge in [-0.3, -0.25) is 9.69 Å². The highest BCUT2D eigenvalue weighted by Crippen LogP contribution is 2.21. The molecule has 5 heteroatoms. The van der Waals surface area contributed by atoms with Crippen molar-refractivity contribution >= 4 is 21.8 Å². The van der Waals surface area contributed by atoms with Crippen LogP contribution in [0.25, 0.3) is 0 Å². The second-order valence-electron chi connectivity index (χ2n) is 5.37. The molecule has 0 spiro atoms. The van der Waals surface area contributed by atoms with E-state index in [0.29, 0.717) is 6.54 Å². The molecule has 1 amide bonds. The van der Waals surface area contributed by atoms with Gasteiger partial charge in [0.25, 0.3) is 0 Å². The Kier molecular flexibility index (Phi) is 5.57.